The third-order valence-electron chi connectivity index (χ3n) is 8.07. The van der Waals surface area contributed by atoms with Gasteiger partial charge in [-0.3, -0.25) is 19.2 Å². The zero-order chi connectivity index (χ0) is 34.8. The first-order valence-electron chi connectivity index (χ1n) is 15.7. The van der Waals surface area contributed by atoms with Gasteiger partial charge in [0.25, 0.3) is 0 Å². The van der Waals surface area contributed by atoms with Gasteiger partial charge in [0.15, 0.2) is 0 Å². The lowest BCUT2D eigenvalue weighted by Gasteiger charge is -2.27. The Morgan fingerprint density at radius 2 is 1.29 bits per heavy atom. The molecule has 4 rings (SSSR count). The molecule has 0 radical (unpaired) electrons. The van der Waals surface area contributed by atoms with Crippen molar-refractivity contribution in [3.63, 3.8) is 0 Å². The summed E-state index contributed by atoms with van der Waals surface area (Å²) in [6, 6.07) is 19.7. The summed E-state index contributed by atoms with van der Waals surface area (Å²) >= 11 is 0. The zero-order valence-corrected chi connectivity index (χ0v) is 27.0. The van der Waals surface area contributed by atoms with E-state index in [-0.39, 0.29) is 24.9 Å². The zero-order valence-electron chi connectivity index (χ0n) is 27.0. The third kappa shape index (κ3) is 9.05. The molecule has 0 unspecified atom stereocenters. The van der Waals surface area contributed by atoms with Crippen LogP contribution in [0.2, 0.25) is 0 Å². The molecule has 1 aliphatic carbocycles. The summed E-state index contributed by atoms with van der Waals surface area (Å²) in [6.07, 6.45) is -1.22. The van der Waals surface area contributed by atoms with Gasteiger partial charge in [0.05, 0.1) is 12.5 Å². The van der Waals surface area contributed by atoms with E-state index in [0.717, 1.165) is 22.3 Å². The molecule has 12 nitrogen and oxygen atoms in total. The van der Waals surface area contributed by atoms with Crippen LogP contribution in [-0.2, 0) is 35.1 Å². The molecular formula is C36H40N4O8. The highest BCUT2D eigenvalue weighted by Gasteiger charge is 2.33. The van der Waals surface area contributed by atoms with E-state index >= 15 is 0 Å². The van der Waals surface area contributed by atoms with Crippen molar-refractivity contribution >= 4 is 36.1 Å². The number of carboxylic acids is 1. The maximum absolute atomic E-state index is 13.6. The summed E-state index contributed by atoms with van der Waals surface area (Å²) in [4.78, 5) is 75.7. The van der Waals surface area contributed by atoms with Gasteiger partial charge in [0, 0.05) is 12.3 Å². The summed E-state index contributed by atoms with van der Waals surface area (Å²) < 4.78 is 5.52. The number of ether oxygens (including phenoxy) is 1. The molecule has 5 N–H and O–H groups in total. The van der Waals surface area contributed by atoms with E-state index in [4.69, 9.17) is 4.74 Å². The van der Waals surface area contributed by atoms with E-state index in [1.807, 2.05) is 48.5 Å². The fraction of sp³-hybridized carbons (Fsp3) is 0.333. The van der Waals surface area contributed by atoms with E-state index in [9.17, 15) is 33.9 Å². The van der Waals surface area contributed by atoms with Crippen molar-refractivity contribution in [2.45, 2.75) is 63.7 Å². The van der Waals surface area contributed by atoms with Crippen LogP contribution in [-0.4, -0.2) is 72.0 Å². The molecule has 4 atom stereocenters. The predicted molar refractivity (Wildman–Crippen MR) is 177 cm³/mol. The van der Waals surface area contributed by atoms with E-state index in [1.165, 1.54) is 6.92 Å². The first-order chi connectivity index (χ1) is 23.0. The second kappa shape index (κ2) is 16.3. The molecule has 3 aromatic carbocycles. The van der Waals surface area contributed by atoms with Crippen molar-refractivity contribution in [3.8, 4) is 11.1 Å². The van der Waals surface area contributed by atoms with Crippen molar-refractivity contribution in [2.75, 3.05) is 6.61 Å². The molecule has 0 fully saturated rings. The quantitative estimate of drug-likeness (QED) is 0.155. The number of fused-ring (bicyclic) bond motifs is 3. The number of alkyl carbamates (subject to hydrolysis) is 1. The Balaban J connectivity index is 1.48. The van der Waals surface area contributed by atoms with Gasteiger partial charge in [0.1, 0.15) is 31.0 Å². The molecule has 0 spiro atoms. The minimum Gasteiger partial charge on any atom is -0.481 e. The number of aldehydes is 1. The van der Waals surface area contributed by atoms with Crippen LogP contribution >= 0.6 is 0 Å². The van der Waals surface area contributed by atoms with Crippen LogP contribution < -0.4 is 21.3 Å². The summed E-state index contributed by atoms with van der Waals surface area (Å²) in [6.45, 7) is 4.86. The normalized spacial score (nSPS) is 14.3. The van der Waals surface area contributed by atoms with Crippen molar-refractivity contribution in [1.82, 2.24) is 21.3 Å². The molecule has 0 aliphatic heterocycles. The van der Waals surface area contributed by atoms with Gasteiger partial charge in [-0.15, -0.1) is 0 Å². The Morgan fingerprint density at radius 1 is 0.729 bits per heavy atom. The maximum atomic E-state index is 13.6. The molecule has 4 amide bonds. The average Bonchev–Trinajstić information content (AvgIpc) is 3.38. The first-order valence-corrected chi connectivity index (χ1v) is 15.7. The van der Waals surface area contributed by atoms with Gasteiger partial charge in [-0.05, 0) is 40.7 Å². The van der Waals surface area contributed by atoms with E-state index in [2.05, 4.69) is 21.3 Å². The van der Waals surface area contributed by atoms with Crippen LogP contribution in [0.15, 0.2) is 78.9 Å². The number of amides is 4. The average molecular weight is 657 g/mol. The van der Waals surface area contributed by atoms with Gasteiger partial charge >= 0.3 is 12.1 Å². The molecule has 0 heterocycles. The fourth-order valence-corrected chi connectivity index (χ4v) is 5.63. The molecule has 1 aliphatic rings. The Kier molecular flexibility index (Phi) is 12.0. The maximum Gasteiger partial charge on any atom is 0.407 e. The molecule has 0 bridgehead atoms. The van der Waals surface area contributed by atoms with Crippen LogP contribution in [0.4, 0.5) is 4.79 Å². The predicted octanol–water partition coefficient (Wildman–Crippen LogP) is 2.94. The second-order valence-corrected chi connectivity index (χ2v) is 12.0. The fourth-order valence-electron chi connectivity index (χ4n) is 5.63. The first kappa shape index (κ1) is 35.3. The SMILES string of the molecule is CC(C)[C@H](NC(=O)[C@H](Cc1ccccc1)NC(=O)[C@H](CC(=O)O)NC(=O)OCC1c2ccccc2-c2ccccc21)C(=O)N[C@@H](C)C=O. The number of carboxylic acid groups (broad SMARTS) is 1. The summed E-state index contributed by atoms with van der Waals surface area (Å²) in [5, 5.41) is 19.6. The van der Waals surface area contributed by atoms with Gasteiger partial charge in [-0.2, -0.15) is 0 Å². The van der Waals surface area contributed by atoms with Crippen molar-refractivity contribution in [1.29, 1.82) is 0 Å². The highest BCUT2D eigenvalue weighted by atomic mass is 16.5. The number of hydrogen-bond acceptors (Lipinski definition) is 7. The van der Waals surface area contributed by atoms with Crippen molar-refractivity contribution in [3.05, 3.63) is 95.6 Å². The molecule has 0 aromatic heterocycles. The molecular weight excluding hydrogens is 616 g/mol. The Bertz CT molecular complexity index is 1600. The third-order valence-corrected chi connectivity index (χ3v) is 8.07. The number of aliphatic carboxylic acids is 1. The Hall–Kier alpha value is -5.52. The Labute approximate surface area is 278 Å². The van der Waals surface area contributed by atoms with Crippen molar-refractivity contribution < 1.29 is 38.6 Å². The molecule has 0 saturated heterocycles. The summed E-state index contributed by atoms with van der Waals surface area (Å²) in [7, 11) is 0. The minimum absolute atomic E-state index is 0.000321. The molecule has 0 saturated carbocycles. The van der Waals surface area contributed by atoms with E-state index in [1.54, 1.807) is 44.2 Å². The number of benzene rings is 3. The lowest BCUT2D eigenvalue weighted by atomic mass is 9.98. The van der Waals surface area contributed by atoms with Gasteiger partial charge < -0.3 is 35.9 Å². The summed E-state index contributed by atoms with van der Waals surface area (Å²) in [5.41, 5.74) is 4.70. The smallest absolute Gasteiger partial charge is 0.407 e. The van der Waals surface area contributed by atoms with Crippen LogP contribution in [0.3, 0.4) is 0 Å². The van der Waals surface area contributed by atoms with Crippen LogP contribution in [0.1, 0.15) is 49.8 Å². The number of hydrogen-bond donors (Lipinski definition) is 5. The molecule has 252 valence electrons. The number of rotatable bonds is 15. The lowest BCUT2D eigenvalue weighted by Crippen LogP contribution is -2.59. The topological polar surface area (TPSA) is 180 Å². The summed E-state index contributed by atoms with van der Waals surface area (Å²) in [5.74, 6) is -4.22. The van der Waals surface area contributed by atoms with Crippen LogP contribution in [0, 0.1) is 5.92 Å². The molecule has 3 aromatic rings. The van der Waals surface area contributed by atoms with Gasteiger partial charge in [-0.1, -0.05) is 92.7 Å². The number of nitrogens with one attached hydrogen (secondary N) is 4. The second-order valence-electron chi connectivity index (χ2n) is 12.0. The molecule has 12 heteroatoms. The minimum atomic E-state index is -1.58. The van der Waals surface area contributed by atoms with E-state index < -0.39 is 60.4 Å². The van der Waals surface area contributed by atoms with Gasteiger partial charge in [-0.25, -0.2) is 4.79 Å². The van der Waals surface area contributed by atoms with Gasteiger partial charge in [0.2, 0.25) is 17.7 Å². The van der Waals surface area contributed by atoms with Crippen molar-refractivity contribution in [2.24, 2.45) is 5.92 Å². The Morgan fingerprint density at radius 3 is 1.85 bits per heavy atom. The number of carbonyl (C=O) groups is 6. The molecule has 48 heavy (non-hydrogen) atoms. The largest absolute Gasteiger partial charge is 0.481 e. The van der Waals surface area contributed by atoms with E-state index in [0.29, 0.717) is 11.8 Å². The highest BCUT2D eigenvalue weighted by molar-refractivity contribution is 5.95. The number of carbonyl (C=O) groups excluding carboxylic acids is 5. The monoisotopic (exact) mass is 656 g/mol. The van der Waals surface area contributed by atoms with Crippen LogP contribution in [0.5, 0.6) is 0 Å². The standard InChI is InChI=1S/C36H40N4O8/c1-21(2)32(35(46)37-22(3)19-41)40-34(45)29(17-23-11-5-4-6-12-23)38-33(44)30(18-31(42)43)39-36(47)48-20-28-26-15-9-7-13-24(26)25-14-8-10-16-27(25)28/h4-16,19,21-22,28-30,32H,17-18,20H2,1-3H3,(H,37,46)(H,38,44)(H,39,47)(H,40,45)(H,42,43)/t22-,29-,30-,32-/m0/s1. The van der Waals surface area contributed by atoms with Crippen LogP contribution in [0.25, 0.3) is 11.1 Å². The highest BCUT2D eigenvalue weighted by Crippen LogP contribution is 2.44. The lowest BCUT2D eigenvalue weighted by molar-refractivity contribution is -0.140.